The van der Waals surface area contributed by atoms with Gasteiger partial charge in [-0.2, -0.15) is 0 Å². The molecule has 1 unspecified atom stereocenters. The van der Waals surface area contributed by atoms with Gasteiger partial charge in [0.1, 0.15) is 5.82 Å². The molecule has 0 saturated carbocycles. The molecule has 4 nitrogen and oxygen atoms in total. The van der Waals surface area contributed by atoms with Gasteiger partial charge in [-0.05, 0) is 68.7 Å². The first-order valence-electron chi connectivity index (χ1n) is 8.43. The normalized spacial score (nSPS) is 17.2. The van der Waals surface area contributed by atoms with Crippen molar-refractivity contribution >= 4 is 34.7 Å². The Hall–Kier alpha value is -2.27. The Balaban J connectivity index is 1.66. The molecule has 1 heterocycles. The van der Waals surface area contributed by atoms with Crippen LogP contribution >= 0.6 is 11.6 Å². The minimum Gasteiger partial charge on any atom is -0.366 e. The predicted molar refractivity (Wildman–Crippen MR) is 101 cm³/mol. The van der Waals surface area contributed by atoms with Crippen LogP contribution in [0, 0.1) is 5.82 Å². The maximum absolute atomic E-state index is 14.5. The number of hydrogen-bond donors (Lipinski definition) is 2. The fourth-order valence-corrected chi connectivity index (χ4v) is 3.23. The number of hydrogen-bond acceptors (Lipinski definition) is 2. The van der Waals surface area contributed by atoms with Crippen molar-refractivity contribution in [3.8, 4) is 0 Å². The van der Waals surface area contributed by atoms with E-state index in [1.807, 2.05) is 0 Å². The van der Waals surface area contributed by atoms with Gasteiger partial charge in [0.05, 0.1) is 5.69 Å². The van der Waals surface area contributed by atoms with Crippen molar-refractivity contribution in [2.45, 2.75) is 32.2 Å². The van der Waals surface area contributed by atoms with Gasteiger partial charge in [0.2, 0.25) is 0 Å². The number of nitrogens with one attached hydrogen (secondary N) is 2. The third-order valence-corrected chi connectivity index (χ3v) is 4.67. The van der Waals surface area contributed by atoms with Gasteiger partial charge < -0.3 is 15.5 Å². The summed E-state index contributed by atoms with van der Waals surface area (Å²) in [6.07, 6.45) is 3.33. The van der Waals surface area contributed by atoms with Gasteiger partial charge >= 0.3 is 6.03 Å². The zero-order valence-electron chi connectivity index (χ0n) is 14.1. The molecule has 2 amide bonds. The molecule has 132 valence electrons. The third-order valence-electron chi connectivity index (χ3n) is 4.42. The summed E-state index contributed by atoms with van der Waals surface area (Å²) < 4.78 is 14.5. The highest BCUT2D eigenvalue weighted by Gasteiger charge is 2.21. The molecule has 6 heteroatoms. The fraction of sp³-hybridized carbons (Fsp3) is 0.316. The number of rotatable bonds is 3. The van der Waals surface area contributed by atoms with Gasteiger partial charge in [-0.15, -0.1) is 0 Å². The summed E-state index contributed by atoms with van der Waals surface area (Å²) in [6, 6.07) is 11.5. The molecule has 2 aromatic carbocycles. The Morgan fingerprint density at radius 3 is 2.48 bits per heavy atom. The van der Waals surface area contributed by atoms with Gasteiger partial charge in [-0.3, -0.25) is 0 Å². The maximum Gasteiger partial charge on any atom is 0.323 e. The van der Waals surface area contributed by atoms with Crippen LogP contribution in [0.2, 0.25) is 5.02 Å². The Morgan fingerprint density at radius 1 is 1.12 bits per heavy atom. The number of amides is 2. The van der Waals surface area contributed by atoms with Crippen LogP contribution in [-0.4, -0.2) is 18.6 Å². The van der Waals surface area contributed by atoms with Crippen molar-refractivity contribution < 1.29 is 9.18 Å². The van der Waals surface area contributed by atoms with E-state index in [1.165, 1.54) is 12.5 Å². The molecular weight excluding hydrogens is 341 g/mol. The van der Waals surface area contributed by atoms with E-state index in [0.717, 1.165) is 19.4 Å². The van der Waals surface area contributed by atoms with E-state index >= 15 is 0 Å². The number of benzene rings is 2. The molecule has 0 bridgehead atoms. The van der Waals surface area contributed by atoms with Crippen LogP contribution in [0.4, 0.5) is 26.2 Å². The Morgan fingerprint density at radius 2 is 1.80 bits per heavy atom. The summed E-state index contributed by atoms with van der Waals surface area (Å²) in [5, 5.41) is 5.92. The largest absolute Gasteiger partial charge is 0.366 e. The average molecular weight is 362 g/mol. The molecule has 0 aromatic heterocycles. The van der Waals surface area contributed by atoms with E-state index in [1.54, 1.807) is 36.4 Å². The van der Waals surface area contributed by atoms with Gasteiger partial charge in [0, 0.05) is 29.0 Å². The van der Waals surface area contributed by atoms with Crippen LogP contribution in [0.5, 0.6) is 0 Å². The predicted octanol–water partition coefficient (Wildman–Crippen LogP) is 5.50. The first kappa shape index (κ1) is 17.5. The van der Waals surface area contributed by atoms with E-state index in [0.29, 0.717) is 28.1 Å². The van der Waals surface area contributed by atoms with Gasteiger partial charge in [-0.25, -0.2) is 9.18 Å². The summed E-state index contributed by atoms with van der Waals surface area (Å²) in [5.74, 6) is -0.321. The average Bonchev–Trinajstić information content (AvgIpc) is 2.58. The molecule has 3 rings (SSSR count). The molecule has 25 heavy (non-hydrogen) atoms. The summed E-state index contributed by atoms with van der Waals surface area (Å²) in [5.41, 5.74) is 1.62. The van der Waals surface area contributed by atoms with E-state index in [2.05, 4.69) is 22.5 Å². The quantitative estimate of drug-likeness (QED) is 0.757. The second-order valence-corrected chi connectivity index (χ2v) is 6.73. The van der Waals surface area contributed by atoms with E-state index in [9.17, 15) is 9.18 Å². The van der Waals surface area contributed by atoms with Crippen molar-refractivity contribution in [3.05, 3.63) is 53.3 Å². The highest BCUT2D eigenvalue weighted by atomic mass is 35.5. The molecule has 1 fully saturated rings. The summed E-state index contributed by atoms with van der Waals surface area (Å²) in [4.78, 5) is 14.1. The van der Waals surface area contributed by atoms with Gasteiger partial charge in [-0.1, -0.05) is 11.6 Å². The highest BCUT2D eigenvalue weighted by Crippen LogP contribution is 2.29. The molecule has 1 atom stereocenters. The minimum absolute atomic E-state index is 0.321. The SMILES string of the molecule is CC1CCCCN1c1ccc(NC(=O)Nc2ccc(Cl)cc2)cc1F. The van der Waals surface area contributed by atoms with Crippen LogP contribution in [-0.2, 0) is 0 Å². The number of carbonyl (C=O) groups excluding carboxylic acids is 1. The standard InChI is InChI=1S/C19H21ClFN3O/c1-13-4-2-3-11-24(13)18-10-9-16(12-17(18)21)23-19(25)22-15-7-5-14(20)6-8-15/h5-10,12-13H,2-4,11H2,1H3,(H2,22,23,25). The van der Waals surface area contributed by atoms with Crippen LogP contribution in [0.1, 0.15) is 26.2 Å². The Kier molecular flexibility index (Phi) is 5.43. The number of halogens is 2. The van der Waals surface area contributed by atoms with Gasteiger partial charge in [0.25, 0.3) is 0 Å². The molecule has 2 aromatic rings. The molecule has 0 spiro atoms. The fourth-order valence-electron chi connectivity index (χ4n) is 3.10. The van der Waals surface area contributed by atoms with Crippen LogP contribution in [0.15, 0.2) is 42.5 Å². The van der Waals surface area contributed by atoms with Crippen LogP contribution in [0.3, 0.4) is 0 Å². The maximum atomic E-state index is 14.5. The number of nitrogens with zero attached hydrogens (tertiary/aromatic N) is 1. The third kappa shape index (κ3) is 4.42. The van der Waals surface area contributed by atoms with E-state index < -0.39 is 6.03 Å². The van der Waals surface area contributed by atoms with Gasteiger partial charge in [0.15, 0.2) is 0 Å². The molecule has 1 saturated heterocycles. The molecular formula is C19H21ClFN3O. The minimum atomic E-state index is -0.430. The molecule has 0 aliphatic carbocycles. The number of piperidine rings is 1. The summed E-state index contributed by atoms with van der Waals surface area (Å²) in [6.45, 7) is 2.98. The van der Waals surface area contributed by atoms with Crippen molar-refractivity contribution in [2.24, 2.45) is 0 Å². The topological polar surface area (TPSA) is 44.4 Å². The highest BCUT2D eigenvalue weighted by molar-refractivity contribution is 6.30. The number of anilines is 3. The first-order valence-corrected chi connectivity index (χ1v) is 8.80. The lowest BCUT2D eigenvalue weighted by Crippen LogP contribution is -2.38. The smallest absolute Gasteiger partial charge is 0.323 e. The van der Waals surface area contributed by atoms with E-state index in [4.69, 9.17) is 11.6 Å². The van der Waals surface area contributed by atoms with E-state index in [-0.39, 0.29) is 5.82 Å². The summed E-state index contributed by atoms with van der Waals surface area (Å²) >= 11 is 5.81. The lowest BCUT2D eigenvalue weighted by molar-refractivity contribution is 0.262. The zero-order chi connectivity index (χ0) is 17.8. The lowest BCUT2D eigenvalue weighted by Gasteiger charge is -2.35. The molecule has 1 aliphatic rings. The van der Waals surface area contributed by atoms with Crippen molar-refractivity contribution in [1.29, 1.82) is 0 Å². The number of carbonyl (C=O) groups is 1. The Bertz CT molecular complexity index is 751. The first-order chi connectivity index (χ1) is 12.0. The van der Waals surface area contributed by atoms with Crippen LogP contribution < -0.4 is 15.5 Å². The van der Waals surface area contributed by atoms with Crippen LogP contribution in [0.25, 0.3) is 0 Å². The van der Waals surface area contributed by atoms with Crippen molar-refractivity contribution in [3.63, 3.8) is 0 Å². The van der Waals surface area contributed by atoms with Crippen molar-refractivity contribution in [1.82, 2.24) is 0 Å². The second-order valence-electron chi connectivity index (χ2n) is 6.29. The molecule has 2 N–H and O–H groups in total. The Labute approximate surface area is 152 Å². The summed E-state index contributed by atoms with van der Waals surface area (Å²) in [7, 11) is 0. The second kappa shape index (κ2) is 7.74. The monoisotopic (exact) mass is 361 g/mol. The van der Waals surface area contributed by atoms with Crippen molar-refractivity contribution in [2.75, 3.05) is 22.1 Å². The number of urea groups is 1. The molecule has 1 aliphatic heterocycles. The lowest BCUT2D eigenvalue weighted by atomic mass is 10.0. The molecule has 0 radical (unpaired) electrons. The zero-order valence-corrected chi connectivity index (χ0v) is 14.8.